The summed E-state index contributed by atoms with van der Waals surface area (Å²) in [6.07, 6.45) is 0.0105. The molecule has 17 heavy (non-hydrogen) atoms. The van der Waals surface area contributed by atoms with Crippen LogP contribution in [-0.4, -0.2) is 31.8 Å². The summed E-state index contributed by atoms with van der Waals surface area (Å²) in [5.41, 5.74) is 3.28. The van der Waals surface area contributed by atoms with Gasteiger partial charge < -0.3 is 15.6 Å². The molecule has 2 heterocycles. The average Bonchev–Trinajstić information content (AvgIpc) is 2.72. The van der Waals surface area contributed by atoms with E-state index < -0.39 is 35.0 Å². The van der Waals surface area contributed by atoms with E-state index in [1.54, 1.807) is 0 Å². The van der Waals surface area contributed by atoms with E-state index in [9.17, 15) is 14.0 Å². The topological polar surface area (TPSA) is 107 Å². The van der Waals surface area contributed by atoms with Gasteiger partial charge in [-0.3, -0.25) is 4.57 Å². The van der Waals surface area contributed by atoms with Crippen LogP contribution in [0, 0.1) is 5.82 Å². The van der Waals surface area contributed by atoms with Crippen LogP contribution in [0.2, 0.25) is 0 Å². The van der Waals surface area contributed by atoms with Gasteiger partial charge in [-0.05, 0) is 0 Å². The molecule has 1 aliphatic rings. The number of aliphatic carboxylic acids is 1. The fourth-order valence-corrected chi connectivity index (χ4v) is 2.26. The second-order valence-corrected chi connectivity index (χ2v) is 4.35. The van der Waals surface area contributed by atoms with Gasteiger partial charge in [0.15, 0.2) is 11.6 Å². The maximum atomic E-state index is 13.1. The molecule has 0 radical (unpaired) electrons. The summed E-state index contributed by atoms with van der Waals surface area (Å²) in [5, 5.41) is 8.70. The summed E-state index contributed by atoms with van der Waals surface area (Å²) >= 11 is 1.01. The molecule has 2 atom stereocenters. The smallest absolute Gasteiger partial charge is 0.351 e. The molecule has 0 bridgehead atoms. The number of aromatic nitrogens is 2. The number of hydrogen-bond acceptors (Lipinski definition) is 6. The molecule has 0 unspecified atom stereocenters. The van der Waals surface area contributed by atoms with Crippen molar-refractivity contribution in [3.05, 3.63) is 22.5 Å². The minimum absolute atomic E-state index is 0.224. The number of anilines is 1. The maximum Gasteiger partial charge on any atom is 0.351 e. The monoisotopic (exact) mass is 261 g/mol. The molecule has 1 fully saturated rings. The Hall–Kier alpha value is -1.61. The molecule has 0 aliphatic carbocycles. The van der Waals surface area contributed by atoms with Crippen molar-refractivity contribution in [3.63, 3.8) is 0 Å². The number of rotatable bonds is 2. The van der Waals surface area contributed by atoms with Crippen molar-refractivity contribution in [2.45, 2.75) is 11.7 Å². The van der Waals surface area contributed by atoms with Crippen LogP contribution < -0.4 is 11.4 Å². The number of hydrogen-bond donors (Lipinski definition) is 2. The SMILES string of the molecule is Nc1nc(=O)n([C@H]2CS[C@H](C(=O)O)O2)cc1F. The van der Waals surface area contributed by atoms with Crippen molar-refractivity contribution >= 4 is 23.5 Å². The number of carboxylic acids is 1. The summed E-state index contributed by atoms with van der Waals surface area (Å²) < 4.78 is 19.1. The Morgan fingerprint density at radius 2 is 2.47 bits per heavy atom. The number of carbonyl (C=O) groups is 1. The van der Waals surface area contributed by atoms with Crippen LogP contribution in [0.1, 0.15) is 6.23 Å². The highest BCUT2D eigenvalue weighted by Gasteiger charge is 2.33. The third kappa shape index (κ3) is 2.24. The molecule has 1 saturated heterocycles. The summed E-state index contributed by atoms with van der Waals surface area (Å²) in [6, 6.07) is 0. The number of ether oxygens (including phenoxy) is 1. The molecular formula is C8H8FN3O4S. The molecule has 2 rings (SSSR count). The summed E-state index contributed by atoms with van der Waals surface area (Å²) in [4.78, 5) is 25.3. The number of nitrogen functional groups attached to an aromatic ring is 1. The van der Waals surface area contributed by atoms with Crippen LogP contribution in [0.25, 0.3) is 0 Å². The van der Waals surface area contributed by atoms with Gasteiger partial charge in [0.2, 0.25) is 5.44 Å². The maximum absolute atomic E-state index is 13.1. The third-order valence-electron chi connectivity index (χ3n) is 2.12. The molecular weight excluding hydrogens is 253 g/mol. The average molecular weight is 261 g/mol. The Bertz CT molecular complexity index is 520. The molecule has 1 aromatic heterocycles. The van der Waals surface area contributed by atoms with Crippen LogP contribution in [-0.2, 0) is 9.53 Å². The van der Waals surface area contributed by atoms with E-state index in [2.05, 4.69) is 4.98 Å². The highest BCUT2D eigenvalue weighted by atomic mass is 32.2. The quantitative estimate of drug-likeness (QED) is 0.748. The fraction of sp³-hybridized carbons (Fsp3) is 0.375. The van der Waals surface area contributed by atoms with E-state index in [4.69, 9.17) is 15.6 Å². The lowest BCUT2D eigenvalue weighted by atomic mass is 10.5. The van der Waals surface area contributed by atoms with E-state index in [0.29, 0.717) is 0 Å². The number of carboxylic acid groups (broad SMARTS) is 1. The van der Waals surface area contributed by atoms with Crippen LogP contribution in [0.5, 0.6) is 0 Å². The van der Waals surface area contributed by atoms with Gasteiger partial charge in [-0.25, -0.2) is 14.0 Å². The zero-order valence-electron chi connectivity index (χ0n) is 8.37. The van der Waals surface area contributed by atoms with Gasteiger partial charge in [0.1, 0.15) is 6.23 Å². The second kappa shape index (κ2) is 4.34. The van der Waals surface area contributed by atoms with Crippen LogP contribution >= 0.6 is 11.8 Å². The van der Waals surface area contributed by atoms with Crippen LogP contribution in [0.15, 0.2) is 11.0 Å². The molecule has 0 amide bonds. The highest BCUT2D eigenvalue weighted by molar-refractivity contribution is 8.00. The van der Waals surface area contributed by atoms with Crippen LogP contribution in [0.4, 0.5) is 10.2 Å². The third-order valence-corrected chi connectivity index (χ3v) is 3.21. The number of halogens is 1. The van der Waals surface area contributed by atoms with Crippen LogP contribution in [0.3, 0.4) is 0 Å². The first-order valence-electron chi connectivity index (χ1n) is 4.53. The number of nitrogens with two attached hydrogens (primary N) is 1. The van der Waals surface area contributed by atoms with Crippen molar-refractivity contribution in [1.29, 1.82) is 0 Å². The van der Waals surface area contributed by atoms with Gasteiger partial charge in [-0.1, -0.05) is 0 Å². The first-order chi connectivity index (χ1) is 7.99. The molecule has 92 valence electrons. The van der Waals surface area contributed by atoms with Gasteiger partial charge in [-0.15, -0.1) is 11.8 Å². The first kappa shape index (κ1) is 11.9. The molecule has 0 aromatic carbocycles. The zero-order chi connectivity index (χ0) is 12.6. The van der Waals surface area contributed by atoms with Crippen molar-refractivity contribution in [2.75, 3.05) is 11.5 Å². The van der Waals surface area contributed by atoms with Gasteiger partial charge in [0.25, 0.3) is 0 Å². The lowest BCUT2D eigenvalue weighted by Crippen LogP contribution is -2.30. The Kier molecular flexibility index (Phi) is 3.03. The summed E-state index contributed by atoms with van der Waals surface area (Å²) in [6.45, 7) is 0. The molecule has 9 heteroatoms. The van der Waals surface area contributed by atoms with Gasteiger partial charge in [0, 0.05) is 5.75 Å². The zero-order valence-corrected chi connectivity index (χ0v) is 9.19. The molecule has 0 spiro atoms. The molecule has 7 nitrogen and oxygen atoms in total. The fourth-order valence-electron chi connectivity index (χ4n) is 1.33. The molecule has 1 aromatic rings. The van der Waals surface area contributed by atoms with E-state index in [0.717, 1.165) is 22.5 Å². The Balaban J connectivity index is 2.28. The lowest BCUT2D eigenvalue weighted by Gasteiger charge is -2.12. The van der Waals surface area contributed by atoms with Gasteiger partial charge in [0.05, 0.1) is 6.20 Å². The molecule has 0 saturated carbocycles. The van der Waals surface area contributed by atoms with E-state index in [-0.39, 0.29) is 5.75 Å². The molecule has 1 aliphatic heterocycles. The van der Waals surface area contributed by atoms with E-state index in [1.807, 2.05) is 0 Å². The van der Waals surface area contributed by atoms with E-state index in [1.165, 1.54) is 0 Å². The Morgan fingerprint density at radius 1 is 1.76 bits per heavy atom. The Labute approximate surface area is 98.4 Å². The first-order valence-corrected chi connectivity index (χ1v) is 5.58. The van der Waals surface area contributed by atoms with Crippen molar-refractivity contribution in [2.24, 2.45) is 0 Å². The van der Waals surface area contributed by atoms with Crippen molar-refractivity contribution in [1.82, 2.24) is 9.55 Å². The number of thioether (sulfide) groups is 1. The summed E-state index contributed by atoms with van der Waals surface area (Å²) in [7, 11) is 0. The highest BCUT2D eigenvalue weighted by Crippen LogP contribution is 2.31. The van der Waals surface area contributed by atoms with E-state index >= 15 is 0 Å². The molecule has 3 N–H and O–H groups in total. The normalized spacial score (nSPS) is 23.8. The second-order valence-electron chi connectivity index (χ2n) is 3.26. The standard InChI is InChI=1S/C8H8FN3O4S/c9-3-1-12(8(15)11-5(3)10)4-2-17-7(16-4)6(13)14/h1,4,7H,2H2,(H,13,14)(H2,10,11,15)/t4-,7-/m1/s1. The predicted octanol–water partition coefficient (Wildman–Crippen LogP) is -0.363. The summed E-state index contributed by atoms with van der Waals surface area (Å²) in [5.74, 6) is -2.26. The van der Waals surface area contributed by atoms with Gasteiger partial charge >= 0.3 is 11.7 Å². The van der Waals surface area contributed by atoms with Crippen molar-refractivity contribution in [3.8, 4) is 0 Å². The number of nitrogens with zero attached hydrogens (tertiary/aromatic N) is 2. The predicted molar refractivity (Wildman–Crippen MR) is 56.9 cm³/mol. The van der Waals surface area contributed by atoms with Crippen molar-refractivity contribution < 1.29 is 19.0 Å². The van der Waals surface area contributed by atoms with Gasteiger partial charge in [-0.2, -0.15) is 4.98 Å². The lowest BCUT2D eigenvalue weighted by molar-refractivity contribution is -0.147. The Morgan fingerprint density at radius 3 is 3.06 bits per heavy atom. The largest absolute Gasteiger partial charge is 0.479 e. The minimum atomic E-state index is -1.14. The minimum Gasteiger partial charge on any atom is -0.479 e.